The Kier molecular flexibility index (Phi) is 6.91. The van der Waals surface area contributed by atoms with E-state index in [1.165, 1.54) is 25.8 Å². The van der Waals surface area contributed by atoms with E-state index in [1.54, 1.807) is 31.4 Å². The van der Waals surface area contributed by atoms with Crippen molar-refractivity contribution in [2.75, 3.05) is 24.9 Å². The highest BCUT2D eigenvalue weighted by molar-refractivity contribution is 8.00. The maximum atomic E-state index is 12.5. The third kappa shape index (κ3) is 5.42. The van der Waals surface area contributed by atoms with Gasteiger partial charge in [-0.1, -0.05) is 6.07 Å². The summed E-state index contributed by atoms with van der Waals surface area (Å²) in [5.41, 5.74) is 1.28. The van der Waals surface area contributed by atoms with E-state index in [4.69, 9.17) is 9.47 Å². The molecule has 138 valence electrons. The van der Waals surface area contributed by atoms with Gasteiger partial charge in [-0.05, 0) is 37.3 Å². The highest BCUT2D eigenvalue weighted by Crippen LogP contribution is 2.31. The Morgan fingerprint density at radius 3 is 2.46 bits per heavy atom. The largest absolute Gasteiger partial charge is 0.497 e. The van der Waals surface area contributed by atoms with Crippen molar-refractivity contribution < 1.29 is 19.1 Å². The number of benzene rings is 2. The van der Waals surface area contributed by atoms with E-state index >= 15 is 0 Å². The quantitative estimate of drug-likeness (QED) is 0.721. The molecule has 2 N–H and O–H groups in total. The normalized spacial score (nSPS) is 11.4. The van der Waals surface area contributed by atoms with E-state index in [-0.39, 0.29) is 17.1 Å². The maximum Gasteiger partial charge on any atom is 0.237 e. The minimum Gasteiger partial charge on any atom is -0.497 e. The first-order valence-corrected chi connectivity index (χ1v) is 8.88. The molecule has 1 atom stereocenters. The average molecular weight is 374 g/mol. The Bertz CT molecular complexity index is 795. The predicted octanol–water partition coefficient (Wildman–Crippen LogP) is 3.78. The molecule has 0 aliphatic rings. The minimum atomic E-state index is -0.339. The number of methoxy groups -OCH3 is 2. The topological polar surface area (TPSA) is 76.7 Å². The van der Waals surface area contributed by atoms with Crippen LogP contribution in [-0.4, -0.2) is 31.3 Å². The summed E-state index contributed by atoms with van der Waals surface area (Å²) >= 11 is 1.40. The Morgan fingerprint density at radius 2 is 1.81 bits per heavy atom. The number of ether oxygens (including phenoxy) is 2. The van der Waals surface area contributed by atoms with Crippen molar-refractivity contribution in [3.8, 4) is 11.5 Å². The number of carbonyl (C=O) groups is 2. The number of carbonyl (C=O) groups excluding carboxylic acids is 2. The molecule has 2 aromatic rings. The maximum absolute atomic E-state index is 12.5. The van der Waals surface area contributed by atoms with E-state index in [0.717, 1.165) is 4.90 Å². The number of amides is 2. The van der Waals surface area contributed by atoms with Crippen molar-refractivity contribution in [2.45, 2.75) is 24.0 Å². The summed E-state index contributed by atoms with van der Waals surface area (Å²) in [7, 11) is 3.11. The summed E-state index contributed by atoms with van der Waals surface area (Å²) in [6.07, 6.45) is 0. The van der Waals surface area contributed by atoms with Crippen molar-refractivity contribution in [2.24, 2.45) is 0 Å². The Hall–Kier alpha value is -2.67. The summed E-state index contributed by atoms with van der Waals surface area (Å²) < 4.78 is 10.5. The number of thioether (sulfide) groups is 1. The second kappa shape index (κ2) is 9.15. The van der Waals surface area contributed by atoms with Gasteiger partial charge in [-0.2, -0.15) is 0 Å². The number of rotatable bonds is 7. The summed E-state index contributed by atoms with van der Waals surface area (Å²) in [6.45, 7) is 3.28. The highest BCUT2D eigenvalue weighted by atomic mass is 32.2. The predicted molar refractivity (Wildman–Crippen MR) is 104 cm³/mol. The molecule has 2 rings (SSSR count). The number of anilines is 2. The molecular weight excluding hydrogens is 352 g/mol. The first-order valence-electron chi connectivity index (χ1n) is 8.00. The second-order valence-corrected chi connectivity index (χ2v) is 6.94. The molecule has 0 radical (unpaired) electrons. The minimum absolute atomic E-state index is 0.135. The molecule has 0 aliphatic heterocycles. The zero-order valence-electron chi connectivity index (χ0n) is 15.2. The van der Waals surface area contributed by atoms with Gasteiger partial charge in [0.1, 0.15) is 11.5 Å². The Balaban J connectivity index is 2.05. The molecule has 0 aliphatic carbocycles. The standard InChI is InChI=1S/C19H22N2O4S/c1-12(26-16-7-5-6-14(10-16)20-13(2)22)19(23)21-17-9-8-15(24-3)11-18(17)25-4/h5-12H,1-4H3,(H,20,22)(H,21,23). The summed E-state index contributed by atoms with van der Waals surface area (Å²) in [5, 5.41) is 5.26. The lowest BCUT2D eigenvalue weighted by molar-refractivity contribution is -0.115. The zero-order valence-corrected chi connectivity index (χ0v) is 16.0. The van der Waals surface area contributed by atoms with Crippen LogP contribution >= 0.6 is 11.8 Å². The fourth-order valence-electron chi connectivity index (χ4n) is 2.24. The van der Waals surface area contributed by atoms with E-state index in [2.05, 4.69) is 10.6 Å². The molecular formula is C19H22N2O4S. The summed E-state index contributed by atoms with van der Waals surface area (Å²) in [5.74, 6) is 0.896. The highest BCUT2D eigenvalue weighted by Gasteiger charge is 2.17. The van der Waals surface area contributed by atoms with Gasteiger partial charge in [-0.25, -0.2) is 0 Å². The van der Waals surface area contributed by atoms with Crippen molar-refractivity contribution in [1.29, 1.82) is 0 Å². The van der Waals surface area contributed by atoms with Crippen LogP contribution in [0.25, 0.3) is 0 Å². The van der Waals surface area contributed by atoms with Crippen LogP contribution in [0, 0.1) is 0 Å². The van der Waals surface area contributed by atoms with E-state index < -0.39 is 0 Å². The number of nitrogens with one attached hydrogen (secondary N) is 2. The molecule has 0 saturated heterocycles. The third-order valence-corrected chi connectivity index (χ3v) is 4.60. The smallest absolute Gasteiger partial charge is 0.237 e. The molecule has 0 fully saturated rings. The number of hydrogen-bond donors (Lipinski definition) is 2. The molecule has 2 amide bonds. The molecule has 0 spiro atoms. The van der Waals surface area contributed by atoms with Crippen LogP contribution in [0.1, 0.15) is 13.8 Å². The van der Waals surface area contributed by atoms with Crippen LogP contribution < -0.4 is 20.1 Å². The molecule has 0 aromatic heterocycles. The van der Waals surface area contributed by atoms with Gasteiger partial charge >= 0.3 is 0 Å². The molecule has 0 bridgehead atoms. The van der Waals surface area contributed by atoms with E-state index in [0.29, 0.717) is 22.9 Å². The fraction of sp³-hybridized carbons (Fsp3) is 0.263. The Labute approximate surface area is 157 Å². The van der Waals surface area contributed by atoms with Crippen molar-refractivity contribution in [3.63, 3.8) is 0 Å². The first kappa shape index (κ1) is 19.7. The van der Waals surface area contributed by atoms with E-state index in [9.17, 15) is 9.59 Å². The van der Waals surface area contributed by atoms with Gasteiger partial charge in [-0.3, -0.25) is 9.59 Å². The molecule has 7 heteroatoms. The van der Waals surface area contributed by atoms with Crippen LogP contribution in [0.5, 0.6) is 11.5 Å². The van der Waals surface area contributed by atoms with Crippen LogP contribution in [0.3, 0.4) is 0 Å². The lowest BCUT2D eigenvalue weighted by Gasteiger charge is -2.15. The average Bonchev–Trinajstić information content (AvgIpc) is 2.61. The zero-order chi connectivity index (χ0) is 19.1. The molecule has 6 nitrogen and oxygen atoms in total. The second-order valence-electron chi connectivity index (χ2n) is 5.52. The molecule has 0 saturated carbocycles. The molecule has 2 aromatic carbocycles. The van der Waals surface area contributed by atoms with E-state index in [1.807, 2.05) is 25.1 Å². The van der Waals surface area contributed by atoms with Crippen LogP contribution in [0.4, 0.5) is 11.4 Å². The van der Waals surface area contributed by atoms with Crippen molar-refractivity contribution in [1.82, 2.24) is 0 Å². The van der Waals surface area contributed by atoms with Crippen LogP contribution in [-0.2, 0) is 9.59 Å². The van der Waals surface area contributed by atoms with Gasteiger partial charge in [0.25, 0.3) is 0 Å². The number of hydrogen-bond acceptors (Lipinski definition) is 5. The molecule has 1 unspecified atom stereocenters. The van der Waals surface area contributed by atoms with Crippen molar-refractivity contribution >= 4 is 35.0 Å². The van der Waals surface area contributed by atoms with Crippen molar-refractivity contribution in [3.05, 3.63) is 42.5 Å². The summed E-state index contributed by atoms with van der Waals surface area (Å²) in [4.78, 5) is 24.6. The van der Waals surface area contributed by atoms with Gasteiger partial charge in [-0.15, -0.1) is 11.8 Å². The monoisotopic (exact) mass is 374 g/mol. The van der Waals surface area contributed by atoms with Gasteiger partial charge < -0.3 is 20.1 Å². The molecule has 26 heavy (non-hydrogen) atoms. The van der Waals surface area contributed by atoms with Gasteiger partial charge in [0.05, 0.1) is 25.2 Å². The van der Waals surface area contributed by atoms with Gasteiger partial charge in [0, 0.05) is 23.6 Å². The first-order chi connectivity index (χ1) is 12.4. The van der Waals surface area contributed by atoms with Crippen LogP contribution in [0.15, 0.2) is 47.4 Å². The van der Waals surface area contributed by atoms with Gasteiger partial charge in [0.15, 0.2) is 0 Å². The Morgan fingerprint density at radius 1 is 1.04 bits per heavy atom. The SMILES string of the molecule is COc1ccc(NC(=O)C(C)Sc2cccc(NC(C)=O)c2)c(OC)c1. The third-order valence-electron chi connectivity index (χ3n) is 3.50. The molecule has 0 heterocycles. The van der Waals surface area contributed by atoms with Crippen LogP contribution in [0.2, 0.25) is 0 Å². The fourth-order valence-corrected chi connectivity index (χ4v) is 3.17. The lowest BCUT2D eigenvalue weighted by atomic mass is 10.2. The summed E-state index contributed by atoms with van der Waals surface area (Å²) in [6, 6.07) is 12.6. The van der Waals surface area contributed by atoms with Gasteiger partial charge in [0.2, 0.25) is 11.8 Å². The lowest BCUT2D eigenvalue weighted by Crippen LogP contribution is -2.22.